The predicted octanol–water partition coefficient (Wildman–Crippen LogP) is 4.00. The lowest BCUT2D eigenvalue weighted by molar-refractivity contribution is -0.178. The third-order valence-electron chi connectivity index (χ3n) is 4.26. The molecule has 0 amide bonds. The highest BCUT2D eigenvalue weighted by Gasteiger charge is 2.12. The van der Waals surface area contributed by atoms with E-state index in [4.69, 9.17) is 20.0 Å². The Balaban J connectivity index is 0. The van der Waals surface area contributed by atoms with Gasteiger partial charge in [-0.3, -0.25) is 14.2 Å². The maximum atomic E-state index is 10.4. The van der Waals surface area contributed by atoms with Crippen LogP contribution in [0.4, 0.5) is 0 Å². The molecule has 0 atom stereocenters. The van der Waals surface area contributed by atoms with Crippen LogP contribution < -0.4 is 5.64 Å². The highest BCUT2D eigenvalue weighted by molar-refractivity contribution is 7.46. The Morgan fingerprint density at radius 3 is 1.33 bits per heavy atom. The molecule has 30 heavy (non-hydrogen) atoms. The summed E-state index contributed by atoms with van der Waals surface area (Å²) in [7, 11) is -4.25. The van der Waals surface area contributed by atoms with E-state index >= 15 is 0 Å². The molecule has 0 fully saturated rings. The van der Waals surface area contributed by atoms with E-state index in [2.05, 4.69) is 26.8 Å². The molecule has 0 rings (SSSR count). The molecular weight excluding hydrogens is 413 g/mol. The Hall–Kier alpha value is -0.0900. The SMILES string of the molecule is CCCCCCCCCCCCCCCCOP(=O)(O)O.OCCONOCCO. The predicted molar refractivity (Wildman–Crippen MR) is 118 cm³/mol. The van der Waals surface area contributed by atoms with Gasteiger partial charge in [-0.05, 0) is 6.42 Å². The maximum Gasteiger partial charge on any atom is 0.469 e. The fourth-order valence-electron chi connectivity index (χ4n) is 2.70. The Bertz CT molecular complexity index is 352. The second-order valence-electron chi connectivity index (χ2n) is 7.15. The minimum atomic E-state index is -4.25. The van der Waals surface area contributed by atoms with Gasteiger partial charge in [0.2, 0.25) is 0 Å². The van der Waals surface area contributed by atoms with E-state index in [0.717, 1.165) is 19.3 Å². The number of rotatable bonds is 22. The Morgan fingerprint density at radius 2 is 1.00 bits per heavy atom. The number of phosphoric ester groups is 1. The first-order chi connectivity index (χ1) is 14.5. The van der Waals surface area contributed by atoms with Crippen LogP contribution in [-0.2, 0) is 18.8 Å². The summed E-state index contributed by atoms with van der Waals surface area (Å²) in [5.41, 5.74) is 2.07. The van der Waals surface area contributed by atoms with Crippen LogP contribution >= 0.6 is 7.82 Å². The van der Waals surface area contributed by atoms with Crippen molar-refractivity contribution in [3.8, 4) is 0 Å². The van der Waals surface area contributed by atoms with Gasteiger partial charge in [0, 0.05) is 0 Å². The van der Waals surface area contributed by atoms with Crippen molar-refractivity contribution < 1.29 is 38.8 Å². The van der Waals surface area contributed by atoms with Gasteiger partial charge >= 0.3 is 7.82 Å². The van der Waals surface area contributed by atoms with Crippen LogP contribution in [0.3, 0.4) is 0 Å². The largest absolute Gasteiger partial charge is 0.469 e. The van der Waals surface area contributed by atoms with E-state index in [1.807, 2.05) is 0 Å². The smallest absolute Gasteiger partial charge is 0.394 e. The third-order valence-corrected chi connectivity index (χ3v) is 4.78. The lowest BCUT2D eigenvalue weighted by atomic mass is 10.0. The second kappa shape index (κ2) is 26.9. The van der Waals surface area contributed by atoms with Gasteiger partial charge in [0.1, 0.15) is 0 Å². The normalized spacial score (nSPS) is 11.4. The quantitative estimate of drug-likeness (QED) is 0.0923. The van der Waals surface area contributed by atoms with Gasteiger partial charge in [-0.15, -0.1) is 0 Å². The summed E-state index contributed by atoms with van der Waals surface area (Å²) in [4.78, 5) is 25.9. The lowest BCUT2D eigenvalue weighted by Gasteiger charge is -2.05. The van der Waals surface area contributed by atoms with Crippen molar-refractivity contribution in [2.24, 2.45) is 0 Å². The standard InChI is InChI=1S/C16H35O4P.C4H11NO4/c1-2-3-4-5-6-7-8-9-10-11-12-13-14-15-16-20-21(17,18)19;6-1-3-8-5-9-4-2-7/h2-16H2,1H3,(H2,17,18,19);5-7H,1-4H2. The van der Waals surface area contributed by atoms with Gasteiger partial charge in [-0.25, -0.2) is 4.57 Å². The fourth-order valence-corrected chi connectivity index (χ4v) is 3.06. The molecule has 0 aliphatic carbocycles. The Morgan fingerprint density at radius 1 is 0.633 bits per heavy atom. The summed E-state index contributed by atoms with van der Waals surface area (Å²) in [6.45, 7) is 2.65. The molecule has 0 saturated carbocycles. The number of hydrogen-bond donors (Lipinski definition) is 5. The highest BCUT2D eigenvalue weighted by atomic mass is 31.2. The summed E-state index contributed by atoms with van der Waals surface area (Å²) in [6.07, 6.45) is 17.8. The van der Waals surface area contributed by atoms with E-state index in [9.17, 15) is 4.57 Å². The second-order valence-corrected chi connectivity index (χ2v) is 8.39. The monoisotopic (exact) mass is 459 g/mol. The molecule has 0 aromatic rings. The van der Waals surface area contributed by atoms with Crippen molar-refractivity contribution in [2.75, 3.05) is 33.0 Å². The molecule has 0 saturated heterocycles. The molecule has 9 nitrogen and oxygen atoms in total. The molecule has 5 N–H and O–H groups in total. The Kier molecular flexibility index (Phi) is 28.8. The molecule has 0 aromatic heterocycles. The van der Waals surface area contributed by atoms with Crippen LogP contribution in [-0.4, -0.2) is 53.0 Å². The molecular formula is C20H46NO8P. The van der Waals surface area contributed by atoms with Crippen molar-refractivity contribution in [1.29, 1.82) is 0 Å². The zero-order valence-electron chi connectivity index (χ0n) is 18.8. The van der Waals surface area contributed by atoms with E-state index in [1.165, 1.54) is 70.6 Å². The number of phosphoric acid groups is 1. The molecule has 0 aliphatic rings. The molecule has 0 aromatic carbocycles. The summed E-state index contributed by atoms with van der Waals surface area (Å²) in [6, 6.07) is 0. The van der Waals surface area contributed by atoms with E-state index in [0.29, 0.717) is 0 Å². The fraction of sp³-hybridized carbons (Fsp3) is 1.00. The van der Waals surface area contributed by atoms with E-state index < -0.39 is 7.82 Å². The molecule has 0 radical (unpaired) electrons. The first-order valence-corrected chi connectivity index (χ1v) is 12.9. The zero-order valence-corrected chi connectivity index (χ0v) is 19.7. The van der Waals surface area contributed by atoms with E-state index in [-0.39, 0.29) is 33.0 Å². The maximum absolute atomic E-state index is 10.4. The van der Waals surface area contributed by atoms with Crippen LogP contribution in [0.1, 0.15) is 96.8 Å². The summed E-state index contributed by atoms with van der Waals surface area (Å²) in [5.74, 6) is 0. The first-order valence-electron chi connectivity index (χ1n) is 11.4. The number of hydrogen-bond acceptors (Lipinski definition) is 7. The van der Waals surface area contributed by atoms with Crippen molar-refractivity contribution in [3.05, 3.63) is 0 Å². The van der Waals surface area contributed by atoms with Crippen molar-refractivity contribution >= 4 is 7.82 Å². The average molecular weight is 460 g/mol. The third kappa shape index (κ3) is 35.4. The van der Waals surface area contributed by atoms with Crippen molar-refractivity contribution in [2.45, 2.75) is 96.8 Å². The molecule has 0 bridgehead atoms. The molecule has 10 heteroatoms. The minimum Gasteiger partial charge on any atom is -0.394 e. The molecule has 0 heterocycles. The molecule has 0 spiro atoms. The summed E-state index contributed by atoms with van der Waals surface area (Å²) in [5, 5.41) is 16.3. The summed E-state index contributed by atoms with van der Waals surface area (Å²) >= 11 is 0. The number of aliphatic hydroxyl groups is 2. The average Bonchev–Trinajstić information content (AvgIpc) is 2.70. The number of unbranched alkanes of at least 4 members (excludes halogenated alkanes) is 13. The van der Waals surface area contributed by atoms with Crippen LogP contribution in [0.2, 0.25) is 0 Å². The van der Waals surface area contributed by atoms with Gasteiger partial charge in [-0.2, -0.15) is 0 Å². The zero-order chi connectivity index (χ0) is 22.8. The minimum absolute atomic E-state index is 0.0600. The highest BCUT2D eigenvalue weighted by Crippen LogP contribution is 2.35. The van der Waals surface area contributed by atoms with Crippen LogP contribution in [0.25, 0.3) is 0 Å². The lowest BCUT2D eigenvalue weighted by Crippen LogP contribution is -2.19. The van der Waals surface area contributed by atoms with Gasteiger partial charge < -0.3 is 20.0 Å². The molecule has 0 aliphatic heterocycles. The van der Waals surface area contributed by atoms with E-state index in [1.54, 1.807) is 0 Å². The Labute approximate surface area is 182 Å². The molecule has 184 valence electrons. The van der Waals surface area contributed by atoms with Gasteiger partial charge in [0.15, 0.2) is 0 Å². The van der Waals surface area contributed by atoms with Gasteiger partial charge in [0.25, 0.3) is 0 Å². The van der Waals surface area contributed by atoms with Gasteiger partial charge in [0.05, 0.1) is 33.0 Å². The van der Waals surface area contributed by atoms with Crippen LogP contribution in [0, 0.1) is 0 Å². The number of nitrogens with one attached hydrogen (secondary N) is 1. The molecule has 0 unspecified atom stereocenters. The van der Waals surface area contributed by atoms with Gasteiger partial charge in [-0.1, -0.05) is 96.0 Å². The van der Waals surface area contributed by atoms with Crippen molar-refractivity contribution in [1.82, 2.24) is 5.64 Å². The topological polar surface area (TPSA) is 138 Å². The number of aliphatic hydroxyl groups excluding tert-OH is 2. The van der Waals surface area contributed by atoms with Crippen LogP contribution in [0.15, 0.2) is 0 Å². The first kappa shape index (κ1) is 32.1. The van der Waals surface area contributed by atoms with Crippen molar-refractivity contribution in [3.63, 3.8) is 0 Å². The van der Waals surface area contributed by atoms with Crippen LogP contribution in [0.5, 0.6) is 0 Å². The summed E-state index contributed by atoms with van der Waals surface area (Å²) < 4.78 is 14.8.